The highest BCUT2D eigenvalue weighted by atomic mass is 35.5. The number of hydrogen-bond donors (Lipinski definition) is 3. The monoisotopic (exact) mass is 307 g/mol. The molecule has 0 saturated carbocycles. The van der Waals surface area contributed by atoms with Crippen molar-refractivity contribution < 1.29 is 9.18 Å². The second kappa shape index (κ2) is 6.45. The molecule has 0 saturated heterocycles. The Balaban J connectivity index is 2.41. The predicted octanol–water partition coefficient (Wildman–Crippen LogP) is 3.55. The third-order valence-electron chi connectivity index (χ3n) is 2.85. The summed E-state index contributed by atoms with van der Waals surface area (Å²) in [5, 5.41) is 5.56. The molecular formula is C15H15ClFN3O. The Kier molecular flexibility index (Phi) is 4.65. The molecule has 0 aliphatic heterocycles. The fourth-order valence-electron chi connectivity index (χ4n) is 1.86. The van der Waals surface area contributed by atoms with Crippen molar-refractivity contribution in [1.29, 1.82) is 0 Å². The van der Waals surface area contributed by atoms with Crippen molar-refractivity contribution >= 4 is 34.6 Å². The summed E-state index contributed by atoms with van der Waals surface area (Å²) < 4.78 is 13.9. The summed E-state index contributed by atoms with van der Waals surface area (Å²) >= 11 is 5.74. The Labute approximate surface area is 127 Å². The van der Waals surface area contributed by atoms with Crippen LogP contribution in [-0.4, -0.2) is 12.5 Å². The Morgan fingerprint density at radius 2 is 2.05 bits per heavy atom. The van der Waals surface area contributed by atoms with Crippen molar-refractivity contribution in [2.45, 2.75) is 6.92 Å². The van der Waals surface area contributed by atoms with Crippen LogP contribution in [0.1, 0.15) is 17.3 Å². The fourth-order valence-corrected chi connectivity index (χ4v) is 2.04. The molecule has 4 N–H and O–H groups in total. The van der Waals surface area contributed by atoms with Crippen LogP contribution < -0.4 is 16.4 Å². The first-order chi connectivity index (χ1) is 10.0. The molecule has 0 aromatic heterocycles. The van der Waals surface area contributed by atoms with Crippen molar-refractivity contribution in [3.63, 3.8) is 0 Å². The van der Waals surface area contributed by atoms with Gasteiger partial charge in [-0.3, -0.25) is 4.79 Å². The van der Waals surface area contributed by atoms with Gasteiger partial charge in [0, 0.05) is 12.2 Å². The maximum Gasteiger partial charge on any atom is 0.253 e. The minimum atomic E-state index is -0.580. The normalized spacial score (nSPS) is 10.2. The largest absolute Gasteiger partial charge is 0.399 e. The minimum Gasteiger partial charge on any atom is -0.399 e. The van der Waals surface area contributed by atoms with E-state index in [2.05, 4.69) is 10.6 Å². The van der Waals surface area contributed by atoms with E-state index in [4.69, 9.17) is 17.3 Å². The van der Waals surface area contributed by atoms with Crippen molar-refractivity contribution in [1.82, 2.24) is 5.32 Å². The third kappa shape index (κ3) is 3.44. The van der Waals surface area contributed by atoms with Crippen LogP contribution in [0.15, 0.2) is 36.4 Å². The first-order valence-electron chi connectivity index (χ1n) is 6.41. The van der Waals surface area contributed by atoms with Crippen LogP contribution in [0, 0.1) is 5.82 Å². The summed E-state index contributed by atoms with van der Waals surface area (Å²) in [6.45, 7) is 2.31. The predicted molar refractivity (Wildman–Crippen MR) is 83.6 cm³/mol. The fraction of sp³-hybridized carbons (Fsp3) is 0.133. The molecular weight excluding hydrogens is 293 g/mol. The zero-order chi connectivity index (χ0) is 15.4. The molecule has 0 unspecified atom stereocenters. The standard InChI is InChI=1S/C15H15ClFN3O/c1-2-19-15(21)10-7-6-9(18)8-13(10)20-12-5-3-4-11(16)14(12)17/h3-8,20H,2,18H2,1H3,(H,19,21). The van der Waals surface area contributed by atoms with Gasteiger partial charge >= 0.3 is 0 Å². The van der Waals surface area contributed by atoms with E-state index in [1.54, 1.807) is 24.3 Å². The number of benzene rings is 2. The zero-order valence-electron chi connectivity index (χ0n) is 11.4. The van der Waals surface area contributed by atoms with E-state index in [1.807, 2.05) is 6.92 Å². The van der Waals surface area contributed by atoms with Crippen LogP contribution in [0.4, 0.5) is 21.5 Å². The van der Waals surface area contributed by atoms with Crippen molar-refractivity contribution in [3.8, 4) is 0 Å². The Morgan fingerprint density at radius 3 is 2.76 bits per heavy atom. The lowest BCUT2D eigenvalue weighted by Gasteiger charge is -2.13. The number of nitrogen functional groups attached to an aromatic ring is 1. The molecule has 2 aromatic rings. The maximum atomic E-state index is 13.9. The van der Waals surface area contributed by atoms with E-state index >= 15 is 0 Å². The maximum absolute atomic E-state index is 13.9. The molecule has 0 radical (unpaired) electrons. The minimum absolute atomic E-state index is 0.00321. The Morgan fingerprint density at radius 1 is 1.29 bits per heavy atom. The number of rotatable bonds is 4. The van der Waals surface area contributed by atoms with Gasteiger partial charge in [0.2, 0.25) is 0 Å². The van der Waals surface area contributed by atoms with Crippen molar-refractivity contribution in [2.75, 3.05) is 17.6 Å². The van der Waals surface area contributed by atoms with Crippen molar-refractivity contribution in [3.05, 3.63) is 52.8 Å². The van der Waals surface area contributed by atoms with Crippen LogP contribution in [0.2, 0.25) is 5.02 Å². The first kappa shape index (κ1) is 15.1. The summed E-state index contributed by atoms with van der Waals surface area (Å²) in [6, 6.07) is 9.38. The number of carbonyl (C=O) groups is 1. The van der Waals surface area contributed by atoms with Gasteiger partial charge in [0.05, 0.1) is 22.0 Å². The Bertz CT molecular complexity index is 676. The van der Waals surface area contributed by atoms with Gasteiger partial charge < -0.3 is 16.4 Å². The molecule has 2 aromatic carbocycles. The van der Waals surface area contributed by atoms with Gasteiger partial charge in [-0.1, -0.05) is 17.7 Å². The highest BCUT2D eigenvalue weighted by Gasteiger charge is 2.13. The van der Waals surface area contributed by atoms with E-state index in [9.17, 15) is 9.18 Å². The van der Waals surface area contributed by atoms with E-state index in [0.29, 0.717) is 23.5 Å². The highest BCUT2D eigenvalue weighted by Crippen LogP contribution is 2.28. The summed E-state index contributed by atoms with van der Waals surface area (Å²) in [6.07, 6.45) is 0. The van der Waals surface area contributed by atoms with Gasteiger partial charge in [-0.05, 0) is 37.3 Å². The highest BCUT2D eigenvalue weighted by molar-refractivity contribution is 6.31. The number of nitrogens with two attached hydrogens (primary N) is 1. The van der Waals surface area contributed by atoms with Gasteiger partial charge in [0.25, 0.3) is 5.91 Å². The molecule has 0 fully saturated rings. The zero-order valence-corrected chi connectivity index (χ0v) is 12.2. The molecule has 0 aliphatic carbocycles. The lowest BCUT2D eigenvalue weighted by Crippen LogP contribution is -2.23. The van der Waals surface area contributed by atoms with Gasteiger partial charge in [-0.2, -0.15) is 0 Å². The molecule has 4 nitrogen and oxygen atoms in total. The molecule has 0 heterocycles. The molecule has 2 rings (SSSR count). The van der Waals surface area contributed by atoms with Crippen molar-refractivity contribution in [2.24, 2.45) is 0 Å². The summed E-state index contributed by atoms with van der Waals surface area (Å²) in [7, 11) is 0. The molecule has 0 bridgehead atoms. The smallest absolute Gasteiger partial charge is 0.253 e. The average Bonchev–Trinajstić information content (AvgIpc) is 2.44. The van der Waals surface area contributed by atoms with E-state index in [1.165, 1.54) is 12.1 Å². The third-order valence-corrected chi connectivity index (χ3v) is 3.14. The first-order valence-corrected chi connectivity index (χ1v) is 6.79. The summed E-state index contributed by atoms with van der Waals surface area (Å²) in [5.41, 5.74) is 7.18. The quantitative estimate of drug-likeness (QED) is 0.757. The van der Waals surface area contributed by atoms with E-state index in [0.717, 1.165) is 0 Å². The van der Waals surface area contributed by atoms with E-state index < -0.39 is 5.82 Å². The lowest BCUT2D eigenvalue weighted by atomic mass is 10.1. The second-order valence-electron chi connectivity index (χ2n) is 4.39. The average molecular weight is 308 g/mol. The number of anilines is 3. The van der Waals surface area contributed by atoms with Gasteiger partial charge in [-0.15, -0.1) is 0 Å². The number of amides is 1. The Hall–Kier alpha value is -2.27. The molecule has 6 heteroatoms. The van der Waals surface area contributed by atoms with Gasteiger partial charge in [-0.25, -0.2) is 4.39 Å². The summed E-state index contributed by atoms with van der Waals surface area (Å²) in [5.74, 6) is -0.842. The lowest BCUT2D eigenvalue weighted by molar-refractivity contribution is 0.0956. The number of nitrogens with one attached hydrogen (secondary N) is 2. The topological polar surface area (TPSA) is 67.2 Å². The summed E-state index contributed by atoms with van der Waals surface area (Å²) in [4.78, 5) is 12.0. The van der Waals surface area contributed by atoms with Crippen LogP contribution in [0.25, 0.3) is 0 Å². The van der Waals surface area contributed by atoms with Gasteiger partial charge in [0.15, 0.2) is 5.82 Å². The number of carbonyl (C=O) groups excluding carboxylic acids is 1. The number of halogens is 2. The molecule has 110 valence electrons. The molecule has 1 amide bonds. The molecule has 0 atom stereocenters. The van der Waals surface area contributed by atoms with E-state index in [-0.39, 0.29) is 16.6 Å². The van der Waals surface area contributed by atoms with Gasteiger partial charge in [0.1, 0.15) is 0 Å². The van der Waals surface area contributed by atoms with Crippen LogP contribution in [0.5, 0.6) is 0 Å². The molecule has 0 spiro atoms. The molecule has 21 heavy (non-hydrogen) atoms. The van der Waals surface area contributed by atoms with Crippen LogP contribution >= 0.6 is 11.6 Å². The van der Waals surface area contributed by atoms with Crippen LogP contribution in [0.3, 0.4) is 0 Å². The second-order valence-corrected chi connectivity index (χ2v) is 4.80. The molecule has 0 aliphatic rings. The number of hydrogen-bond acceptors (Lipinski definition) is 3. The SMILES string of the molecule is CCNC(=O)c1ccc(N)cc1Nc1cccc(Cl)c1F. The van der Waals surface area contributed by atoms with Crippen LogP contribution in [-0.2, 0) is 0 Å².